The van der Waals surface area contributed by atoms with Crippen LogP contribution >= 0.6 is 0 Å². The van der Waals surface area contributed by atoms with Gasteiger partial charge in [-0.2, -0.15) is 0 Å². The summed E-state index contributed by atoms with van der Waals surface area (Å²) in [4.78, 5) is -0.0923. The van der Waals surface area contributed by atoms with E-state index in [1.54, 1.807) is 12.1 Å². The van der Waals surface area contributed by atoms with Gasteiger partial charge < -0.3 is 4.55 Å². The van der Waals surface area contributed by atoms with Gasteiger partial charge in [-0.3, -0.25) is 0 Å². The second kappa shape index (κ2) is 9.87. The van der Waals surface area contributed by atoms with Crippen LogP contribution in [0.2, 0.25) is 0 Å². The summed E-state index contributed by atoms with van der Waals surface area (Å²) in [6, 6.07) is 26.7. The molecule has 0 aliphatic heterocycles. The summed E-state index contributed by atoms with van der Waals surface area (Å²) >= 11 is 0. The molecular weight excluding hydrogens is 419 g/mol. The standard InChI is InChI=1S/C25H22O3S.K/c1-18-21-14-8-9-15-22(21)25(29(26,27)28)24(17-20-12-6-3-7-13-20)23(18)16-19-10-4-2-5-11-19;/h2-15,23H,1,16-17H2,(H,26,27,28);/q;+1/p-1. The van der Waals surface area contributed by atoms with E-state index in [9.17, 15) is 13.0 Å². The molecule has 0 saturated carbocycles. The third-order valence-electron chi connectivity index (χ3n) is 5.42. The van der Waals surface area contributed by atoms with Crippen molar-refractivity contribution in [2.24, 2.45) is 5.92 Å². The van der Waals surface area contributed by atoms with Crippen LogP contribution in [0, 0.1) is 5.92 Å². The van der Waals surface area contributed by atoms with E-state index < -0.39 is 10.1 Å². The van der Waals surface area contributed by atoms with E-state index in [2.05, 4.69) is 6.58 Å². The van der Waals surface area contributed by atoms with Gasteiger partial charge in [0.15, 0.2) is 0 Å². The number of benzene rings is 3. The molecule has 0 heterocycles. The van der Waals surface area contributed by atoms with Crippen LogP contribution in [-0.2, 0) is 23.0 Å². The second-order valence-electron chi connectivity index (χ2n) is 7.28. The molecule has 1 atom stereocenters. The van der Waals surface area contributed by atoms with Crippen molar-refractivity contribution in [2.75, 3.05) is 0 Å². The molecule has 0 N–H and O–H groups in total. The van der Waals surface area contributed by atoms with E-state index in [4.69, 9.17) is 0 Å². The first kappa shape index (κ1) is 23.4. The van der Waals surface area contributed by atoms with E-state index in [1.165, 1.54) is 0 Å². The quantitative estimate of drug-likeness (QED) is 0.451. The maximum absolute atomic E-state index is 12.4. The molecule has 1 aliphatic carbocycles. The molecule has 0 spiro atoms. The summed E-state index contributed by atoms with van der Waals surface area (Å²) in [6.45, 7) is 4.31. The van der Waals surface area contributed by atoms with Crippen molar-refractivity contribution in [3.05, 3.63) is 119 Å². The minimum atomic E-state index is -4.67. The molecule has 0 amide bonds. The molecule has 3 aromatic rings. The maximum Gasteiger partial charge on any atom is 1.00 e. The first-order valence-electron chi connectivity index (χ1n) is 9.50. The smallest absolute Gasteiger partial charge is 0.744 e. The van der Waals surface area contributed by atoms with E-state index in [0.717, 1.165) is 22.3 Å². The summed E-state index contributed by atoms with van der Waals surface area (Å²) in [5, 5.41) is 0. The molecule has 3 nitrogen and oxygen atoms in total. The average molecular weight is 441 g/mol. The Morgan fingerprint density at radius 3 is 1.83 bits per heavy atom. The van der Waals surface area contributed by atoms with E-state index in [0.29, 0.717) is 24.0 Å². The Morgan fingerprint density at radius 1 is 0.767 bits per heavy atom. The van der Waals surface area contributed by atoms with Gasteiger partial charge in [0, 0.05) is 5.92 Å². The van der Waals surface area contributed by atoms with E-state index >= 15 is 0 Å². The topological polar surface area (TPSA) is 57.2 Å². The minimum Gasteiger partial charge on any atom is -0.744 e. The third-order valence-corrected chi connectivity index (χ3v) is 6.40. The predicted octanol–water partition coefficient (Wildman–Crippen LogP) is 2.08. The van der Waals surface area contributed by atoms with Gasteiger partial charge in [0.2, 0.25) is 0 Å². The Bertz CT molecular complexity index is 1180. The normalized spacial score (nSPS) is 16.0. The van der Waals surface area contributed by atoms with Gasteiger partial charge in [0.05, 0.1) is 4.91 Å². The molecule has 1 unspecified atom stereocenters. The molecule has 0 radical (unpaired) electrons. The van der Waals surface area contributed by atoms with Crippen LogP contribution in [0.5, 0.6) is 0 Å². The number of hydrogen-bond acceptors (Lipinski definition) is 3. The SMILES string of the molecule is C=C1c2ccccc2C(S(=O)(=O)[O-])=C(Cc2ccccc2)C1Cc1ccccc1.[K+]. The summed E-state index contributed by atoms with van der Waals surface area (Å²) in [5.41, 5.74) is 4.71. The summed E-state index contributed by atoms with van der Waals surface area (Å²) < 4.78 is 37.2. The van der Waals surface area contributed by atoms with Crippen LogP contribution in [0.15, 0.2) is 97.1 Å². The zero-order valence-electron chi connectivity index (χ0n) is 16.9. The minimum absolute atomic E-state index is 0. The number of fused-ring (bicyclic) bond motifs is 1. The molecule has 0 bridgehead atoms. The van der Waals surface area contributed by atoms with Crippen molar-refractivity contribution in [1.82, 2.24) is 0 Å². The largest absolute Gasteiger partial charge is 1.00 e. The zero-order chi connectivity index (χ0) is 20.4. The number of rotatable bonds is 5. The van der Waals surface area contributed by atoms with Crippen molar-refractivity contribution in [2.45, 2.75) is 12.8 Å². The molecule has 0 fully saturated rings. The molecule has 146 valence electrons. The molecule has 3 aromatic carbocycles. The summed E-state index contributed by atoms with van der Waals surface area (Å²) in [6.07, 6.45) is 0.984. The Hall–Kier alpha value is -1.31. The summed E-state index contributed by atoms with van der Waals surface area (Å²) in [5.74, 6) is -0.258. The van der Waals surface area contributed by atoms with Crippen molar-refractivity contribution in [1.29, 1.82) is 0 Å². The zero-order valence-corrected chi connectivity index (χ0v) is 20.9. The van der Waals surface area contributed by atoms with Gasteiger partial charge in [0.25, 0.3) is 0 Å². The van der Waals surface area contributed by atoms with Crippen LogP contribution in [0.3, 0.4) is 0 Å². The molecule has 4 rings (SSSR count). The van der Waals surface area contributed by atoms with Crippen LogP contribution < -0.4 is 51.4 Å². The van der Waals surface area contributed by atoms with Gasteiger partial charge in [-0.1, -0.05) is 91.5 Å². The van der Waals surface area contributed by atoms with Crippen LogP contribution in [0.1, 0.15) is 22.3 Å². The average Bonchev–Trinajstić information content (AvgIpc) is 2.71. The van der Waals surface area contributed by atoms with Crippen LogP contribution in [0.4, 0.5) is 0 Å². The summed E-state index contributed by atoms with van der Waals surface area (Å²) in [7, 11) is -4.67. The molecule has 30 heavy (non-hydrogen) atoms. The molecule has 1 aliphatic rings. The van der Waals surface area contributed by atoms with Gasteiger partial charge in [-0.25, -0.2) is 8.42 Å². The van der Waals surface area contributed by atoms with Crippen molar-refractivity contribution >= 4 is 20.6 Å². The van der Waals surface area contributed by atoms with Crippen molar-refractivity contribution < 1.29 is 64.4 Å². The predicted molar refractivity (Wildman–Crippen MR) is 116 cm³/mol. The Labute approximate surface area is 220 Å². The first-order chi connectivity index (χ1) is 13.9. The number of allylic oxidation sites excluding steroid dienone is 2. The van der Waals surface area contributed by atoms with Gasteiger partial charge >= 0.3 is 51.4 Å². The van der Waals surface area contributed by atoms with Gasteiger partial charge in [0.1, 0.15) is 10.1 Å². The van der Waals surface area contributed by atoms with Gasteiger partial charge in [-0.05, 0) is 46.2 Å². The molecule has 0 aromatic heterocycles. The van der Waals surface area contributed by atoms with E-state index in [1.807, 2.05) is 72.8 Å². The van der Waals surface area contributed by atoms with Crippen LogP contribution in [-0.4, -0.2) is 13.0 Å². The van der Waals surface area contributed by atoms with Crippen molar-refractivity contribution in [3.8, 4) is 0 Å². The van der Waals surface area contributed by atoms with Crippen molar-refractivity contribution in [3.63, 3.8) is 0 Å². The Morgan fingerprint density at radius 2 is 1.27 bits per heavy atom. The fraction of sp³-hybridized carbons (Fsp3) is 0.120. The molecule has 5 heteroatoms. The van der Waals surface area contributed by atoms with E-state index in [-0.39, 0.29) is 62.2 Å². The molecular formula is C25H21KO3S. The first-order valence-corrected chi connectivity index (χ1v) is 10.9. The monoisotopic (exact) mass is 440 g/mol. The third kappa shape index (κ3) is 4.94. The maximum atomic E-state index is 12.4. The fourth-order valence-electron chi connectivity index (χ4n) is 4.10. The van der Waals surface area contributed by atoms with Gasteiger partial charge in [-0.15, -0.1) is 0 Å². The number of hydrogen-bond donors (Lipinski definition) is 0. The Kier molecular flexibility index (Phi) is 7.69. The Balaban J connectivity index is 0.00000256. The van der Waals surface area contributed by atoms with Crippen LogP contribution in [0.25, 0.3) is 10.5 Å². The second-order valence-corrected chi connectivity index (χ2v) is 8.60. The molecule has 0 saturated heterocycles. The fourth-order valence-corrected chi connectivity index (χ4v) is 5.08.